The summed E-state index contributed by atoms with van der Waals surface area (Å²) in [5.74, 6) is -0.925. The van der Waals surface area contributed by atoms with Gasteiger partial charge in [-0.3, -0.25) is 0 Å². The molecule has 0 amide bonds. The van der Waals surface area contributed by atoms with Crippen LogP contribution in [0.5, 0.6) is 0 Å². The Labute approximate surface area is 160 Å². The van der Waals surface area contributed by atoms with Crippen molar-refractivity contribution in [3.05, 3.63) is 48.5 Å². The van der Waals surface area contributed by atoms with E-state index in [1.807, 2.05) is 0 Å². The molecule has 0 saturated heterocycles. The number of aromatic nitrogens is 2. The van der Waals surface area contributed by atoms with Gasteiger partial charge in [-0.15, -0.1) is 0 Å². The number of rotatable bonds is 4. The summed E-state index contributed by atoms with van der Waals surface area (Å²) in [6.07, 6.45) is 4.39. The minimum Gasteiger partial charge on any atom is -1.00 e. The molecule has 0 atom stereocenters. The maximum Gasteiger partial charge on any atom is 1.00 e. The monoisotopic (exact) mass is 320 g/mol. The van der Waals surface area contributed by atoms with Gasteiger partial charge in [0, 0.05) is 18.6 Å². The van der Waals surface area contributed by atoms with Gasteiger partial charge in [-0.05, 0) is 24.3 Å². The molecule has 2 heterocycles. The Morgan fingerprint density at radius 3 is 2.60 bits per heavy atom. The van der Waals surface area contributed by atoms with Crippen molar-refractivity contribution < 1.29 is 70.9 Å². The van der Waals surface area contributed by atoms with E-state index in [-0.39, 0.29) is 69.2 Å². The van der Waals surface area contributed by atoms with E-state index in [4.69, 9.17) is 4.84 Å². The van der Waals surface area contributed by atoms with Crippen molar-refractivity contribution in [2.75, 3.05) is 5.75 Å². The molecule has 0 spiro atoms. The first-order valence-electron chi connectivity index (χ1n) is 5.58. The molecule has 0 aliphatic heterocycles. The standard InChI is InChI=1S/C12H12N2O4S.K.H/c1-2-19(16,17)10-6-5-7-13-11(10)12(15)18-14-8-3-4-9-14;;/h3-9H,2H2,1H3;;/q;+1;-1. The van der Waals surface area contributed by atoms with Crippen molar-refractivity contribution in [2.24, 2.45) is 0 Å². The zero-order chi connectivity index (χ0) is 13.9. The molecular formula is C12H13KN2O4S. The smallest absolute Gasteiger partial charge is 1.00 e. The molecule has 2 aromatic rings. The van der Waals surface area contributed by atoms with E-state index in [1.54, 1.807) is 12.1 Å². The molecular weight excluding hydrogens is 307 g/mol. The van der Waals surface area contributed by atoms with Gasteiger partial charge in [0.1, 0.15) is 4.90 Å². The van der Waals surface area contributed by atoms with Gasteiger partial charge in [-0.25, -0.2) is 18.2 Å². The molecule has 0 radical (unpaired) electrons. The van der Waals surface area contributed by atoms with E-state index >= 15 is 0 Å². The van der Waals surface area contributed by atoms with Crippen LogP contribution in [0.25, 0.3) is 0 Å². The van der Waals surface area contributed by atoms with Gasteiger partial charge in [0.15, 0.2) is 15.5 Å². The second-order valence-electron chi connectivity index (χ2n) is 3.68. The molecule has 0 aromatic carbocycles. The van der Waals surface area contributed by atoms with Crippen LogP contribution in [0.4, 0.5) is 0 Å². The molecule has 0 aliphatic rings. The predicted octanol–water partition coefficient (Wildman–Crippen LogP) is -1.94. The van der Waals surface area contributed by atoms with Gasteiger partial charge in [-0.2, -0.15) is 4.73 Å². The summed E-state index contributed by atoms with van der Waals surface area (Å²) >= 11 is 0. The largest absolute Gasteiger partial charge is 1.00 e. The van der Waals surface area contributed by atoms with Gasteiger partial charge < -0.3 is 6.26 Å². The third-order valence-corrected chi connectivity index (χ3v) is 4.20. The third-order valence-electron chi connectivity index (χ3n) is 2.44. The topological polar surface area (TPSA) is 78.3 Å². The van der Waals surface area contributed by atoms with Crippen molar-refractivity contribution in [3.8, 4) is 0 Å². The molecule has 2 aromatic heterocycles. The summed E-state index contributed by atoms with van der Waals surface area (Å²) in [7, 11) is -3.53. The first-order valence-corrected chi connectivity index (χ1v) is 7.23. The van der Waals surface area contributed by atoms with Crippen molar-refractivity contribution >= 4 is 15.8 Å². The number of hydrogen-bond acceptors (Lipinski definition) is 5. The number of pyridine rings is 1. The summed E-state index contributed by atoms with van der Waals surface area (Å²) in [5.41, 5.74) is -0.210. The number of hydrogen-bond donors (Lipinski definition) is 0. The van der Waals surface area contributed by atoms with Crippen molar-refractivity contribution in [3.63, 3.8) is 0 Å². The summed E-state index contributed by atoms with van der Waals surface area (Å²) in [5, 5.41) is 0. The second kappa shape index (κ2) is 7.48. The van der Waals surface area contributed by atoms with Gasteiger partial charge in [0.05, 0.1) is 5.75 Å². The van der Waals surface area contributed by atoms with Crippen LogP contribution in [-0.4, -0.2) is 29.9 Å². The summed E-state index contributed by atoms with van der Waals surface area (Å²) in [6, 6.07) is 6.16. The summed E-state index contributed by atoms with van der Waals surface area (Å²) < 4.78 is 24.9. The van der Waals surface area contributed by atoms with Gasteiger partial charge >= 0.3 is 57.4 Å². The molecule has 20 heavy (non-hydrogen) atoms. The number of carbonyl (C=O) groups excluding carboxylic acids is 1. The Hall–Kier alpha value is -0.514. The predicted molar refractivity (Wildman–Crippen MR) is 68.4 cm³/mol. The Morgan fingerprint density at radius 2 is 2.00 bits per heavy atom. The number of sulfone groups is 1. The van der Waals surface area contributed by atoms with Crippen LogP contribution < -0.4 is 56.2 Å². The van der Waals surface area contributed by atoms with Crippen LogP contribution in [-0.2, 0) is 9.84 Å². The Kier molecular flexibility index (Phi) is 6.56. The zero-order valence-corrected chi connectivity index (χ0v) is 15.1. The van der Waals surface area contributed by atoms with Gasteiger partial charge in [0.2, 0.25) is 0 Å². The van der Waals surface area contributed by atoms with E-state index in [9.17, 15) is 13.2 Å². The maximum atomic E-state index is 11.9. The summed E-state index contributed by atoms with van der Waals surface area (Å²) in [4.78, 5) is 20.6. The Bertz CT molecular complexity index is 689. The van der Waals surface area contributed by atoms with Crippen molar-refractivity contribution in [2.45, 2.75) is 11.8 Å². The van der Waals surface area contributed by atoms with E-state index in [2.05, 4.69) is 4.98 Å². The van der Waals surface area contributed by atoms with E-state index in [0.29, 0.717) is 0 Å². The van der Waals surface area contributed by atoms with Crippen LogP contribution in [0.15, 0.2) is 47.8 Å². The summed E-state index contributed by atoms with van der Waals surface area (Å²) in [6.45, 7) is 1.50. The minimum absolute atomic E-state index is 0. The van der Waals surface area contributed by atoms with Crippen LogP contribution >= 0.6 is 0 Å². The fourth-order valence-corrected chi connectivity index (χ4v) is 2.50. The fourth-order valence-electron chi connectivity index (χ4n) is 1.47. The molecule has 0 fully saturated rings. The molecule has 0 aliphatic carbocycles. The third kappa shape index (κ3) is 4.00. The molecule has 0 bridgehead atoms. The van der Waals surface area contributed by atoms with Crippen LogP contribution in [0.2, 0.25) is 0 Å². The molecule has 6 nitrogen and oxygen atoms in total. The number of carbonyl (C=O) groups is 1. The van der Waals surface area contributed by atoms with Crippen molar-refractivity contribution in [1.29, 1.82) is 0 Å². The molecule has 102 valence electrons. The number of nitrogens with zero attached hydrogens (tertiary/aromatic N) is 2. The average molecular weight is 320 g/mol. The van der Waals surface area contributed by atoms with Gasteiger partial charge in [0.25, 0.3) is 0 Å². The van der Waals surface area contributed by atoms with Gasteiger partial charge in [-0.1, -0.05) is 6.92 Å². The van der Waals surface area contributed by atoms with Crippen LogP contribution in [0, 0.1) is 0 Å². The molecule has 0 saturated carbocycles. The van der Waals surface area contributed by atoms with E-state index in [0.717, 1.165) is 0 Å². The van der Waals surface area contributed by atoms with Crippen molar-refractivity contribution in [1.82, 2.24) is 9.71 Å². The quantitative estimate of drug-likeness (QED) is 0.613. The molecule has 2 rings (SSSR count). The molecule has 0 N–H and O–H groups in total. The first kappa shape index (κ1) is 17.5. The van der Waals surface area contributed by atoms with E-state index in [1.165, 1.54) is 42.4 Å². The first-order chi connectivity index (χ1) is 9.04. The van der Waals surface area contributed by atoms with Crippen LogP contribution in [0.1, 0.15) is 18.8 Å². The Morgan fingerprint density at radius 1 is 1.35 bits per heavy atom. The second-order valence-corrected chi connectivity index (χ2v) is 5.92. The average Bonchev–Trinajstić information content (AvgIpc) is 2.91. The van der Waals surface area contributed by atoms with E-state index < -0.39 is 15.8 Å². The molecule has 8 heteroatoms. The Balaban J connectivity index is 0.00000200. The zero-order valence-electron chi connectivity index (χ0n) is 12.2. The molecule has 0 unspecified atom stereocenters. The minimum atomic E-state index is -3.53. The fraction of sp³-hybridized carbons (Fsp3) is 0.167. The maximum absolute atomic E-state index is 11.9. The SMILES string of the molecule is CCS(=O)(=O)c1cccnc1C(=O)On1cccc1.[H-].[K+]. The normalized spacial score (nSPS) is 10.7. The van der Waals surface area contributed by atoms with Crippen LogP contribution in [0.3, 0.4) is 0 Å².